The van der Waals surface area contributed by atoms with E-state index in [4.69, 9.17) is 39.5 Å². The van der Waals surface area contributed by atoms with Crippen molar-refractivity contribution in [3.63, 3.8) is 0 Å². The first-order chi connectivity index (χ1) is 9.43. The van der Waals surface area contributed by atoms with Gasteiger partial charge < -0.3 is 4.74 Å². The average Bonchev–Trinajstić information content (AvgIpc) is 2.40. The number of hydrogen-bond donors (Lipinski definition) is 0. The highest BCUT2D eigenvalue weighted by Crippen LogP contribution is 2.32. The SMILES string of the molecule is COc1cc(Cl)c(C(=O)c2ccc(Cl)cc2F)cc1Cl. The maximum Gasteiger partial charge on any atom is 0.197 e. The zero-order valence-corrected chi connectivity index (χ0v) is 12.5. The lowest BCUT2D eigenvalue weighted by Crippen LogP contribution is -2.05. The molecule has 0 spiro atoms. The van der Waals surface area contributed by atoms with Gasteiger partial charge in [0.25, 0.3) is 0 Å². The quantitative estimate of drug-likeness (QED) is 0.737. The normalized spacial score (nSPS) is 10.4. The molecule has 0 aromatic heterocycles. The van der Waals surface area contributed by atoms with Gasteiger partial charge in [0.1, 0.15) is 11.6 Å². The summed E-state index contributed by atoms with van der Waals surface area (Å²) >= 11 is 17.6. The van der Waals surface area contributed by atoms with Crippen molar-refractivity contribution in [3.05, 3.63) is 62.3 Å². The molecule has 0 saturated heterocycles. The number of halogens is 4. The van der Waals surface area contributed by atoms with Crippen molar-refractivity contribution < 1.29 is 13.9 Å². The Morgan fingerprint density at radius 3 is 2.35 bits per heavy atom. The van der Waals surface area contributed by atoms with Gasteiger partial charge in [0.15, 0.2) is 5.78 Å². The molecular weight excluding hydrogens is 326 g/mol. The number of ketones is 1. The molecule has 0 bridgehead atoms. The van der Waals surface area contributed by atoms with Gasteiger partial charge in [-0.2, -0.15) is 0 Å². The van der Waals surface area contributed by atoms with E-state index in [1.54, 1.807) is 0 Å². The molecule has 0 aliphatic heterocycles. The molecule has 104 valence electrons. The fourth-order valence-electron chi connectivity index (χ4n) is 1.68. The number of benzene rings is 2. The summed E-state index contributed by atoms with van der Waals surface area (Å²) in [5, 5.41) is 0.554. The molecule has 0 saturated carbocycles. The number of carbonyl (C=O) groups is 1. The van der Waals surface area contributed by atoms with Gasteiger partial charge in [0.2, 0.25) is 0 Å². The minimum atomic E-state index is -0.717. The predicted molar refractivity (Wildman–Crippen MR) is 77.9 cm³/mol. The van der Waals surface area contributed by atoms with Crippen molar-refractivity contribution in [2.75, 3.05) is 7.11 Å². The zero-order valence-electron chi connectivity index (χ0n) is 10.2. The second kappa shape index (κ2) is 6.00. The largest absolute Gasteiger partial charge is 0.495 e. The molecule has 0 radical (unpaired) electrons. The zero-order chi connectivity index (χ0) is 14.9. The van der Waals surface area contributed by atoms with Crippen molar-refractivity contribution in [1.82, 2.24) is 0 Å². The van der Waals surface area contributed by atoms with Gasteiger partial charge in [-0.1, -0.05) is 34.8 Å². The second-order valence-electron chi connectivity index (χ2n) is 3.92. The first kappa shape index (κ1) is 15.1. The molecule has 20 heavy (non-hydrogen) atoms. The molecule has 0 fully saturated rings. The second-order valence-corrected chi connectivity index (χ2v) is 5.17. The highest BCUT2D eigenvalue weighted by molar-refractivity contribution is 6.37. The van der Waals surface area contributed by atoms with Crippen molar-refractivity contribution >= 4 is 40.6 Å². The van der Waals surface area contributed by atoms with Crippen LogP contribution in [0.5, 0.6) is 5.75 Å². The number of rotatable bonds is 3. The molecule has 0 heterocycles. The van der Waals surface area contributed by atoms with Crippen LogP contribution in [-0.4, -0.2) is 12.9 Å². The van der Waals surface area contributed by atoms with Crippen molar-refractivity contribution in [3.8, 4) is 5.75 Å². The van der Waals surface area contributed by atoms with Crippen LogP contribution in [0.15, 0.2) is 30.3 Å². The van der Waals surface area contributed by atoms with Crippen LogP contribution in [0.25, 0.3) is 0 Å². The molecule has 2 aromatic carbocycles. The Kier molecular flexibility index (Phi) is 4.53. The lowest BCUT2D eigenvalue weighted by molar-refractivity contribution is 0.103. The number of ether oxygens (including phenoxy) is 1. The van der Waals surface area contributed by atoms with Crippen LogP contribution in [0.4, 0.5) is 4.39 Å². The Bertz CT molecular complexity index is 686. The molecule has 0 amide bonds. The first-order valence-electron chi connectivity index (χ1n) is 5.47. The van der Waals surface area contributed by atoms with E-state index in [0.29, 0.717) is 5.75 Å². The standard InChI is InChI=1S/C14H8Cl3FO2/c1-20-13-6-10(16)9(5-11(13)17)14(19)8-3-2-7(15)4-12(8)18/h2-6H,1H3. The predicted octanol–water partition coefficient (Wildman–Crippen LogP) is 5.03. The number of hydrogen-bond acceptors (Lipinski definition) is 2. The number of carbonyl (C=O) groups excluding carboxylic acids is 1. The molecule has 0 N–H and O–H groups in total. The fourth-order valence-corrected chi connectivity index (χ4v) is 2.32. The third-order valence-corrected chi connectivity index (χ3v) is 3.51. The van der Waals surface area contributed by atoms with Crippen molar-refractivity contribution in [1.29, 1.82) is 0 Å². The lowest BCUT2D eigenvalue weighted by Gasteiger charge is -2.09. The van der Waals surface area contributed by atoms with Crippen LogP contribution in [0.2, 0.25) is 15.1 Å². The summed E-state index contributed by atoms with van der Waals surface area (Å²) < 4.78 is 18.7. The van der Waals surface area contributed by atoms with Crippen LogP contribution in [0.3, 0.4) is 0 Å². The van der Waals surface area contributed by atoms with E-state index in [1.165, 1.54) is 31.4 Å². The van der Waals surface area contributed by atoms with Gasteiger partial charge in [-0.05, 0) is 24.3 Å². The Hall–Kier alpha value is -1.29. The van der Waals surface area contributed by atoms with Crippen LogP contribution in [-0.2, 0) is 0 Å². The monoisotopic (exact) mass is 332 g/mol. The van der Waals surface area contributed by atoms with E-state index in [0.717, 1.165) is 6.07 Å². The van der Waals surface area contributed by atoms with E-state index < -0.39 is 11.6 Å². The van der Waals surface area contributed by atoms with Crippen LogP contribution in [0.1, 0.15) is 15.9 Å². The summed E-state index contributed by atoms with van der Waals surface area (Å²) in [7, 11) is 1.43. The molecule has 0 atom stereocenters. The van der Waals surface area contributed by atoms with Gasteiger partial charge in [0.05, 0.1) is 22.7 Å². The molecule has 0 unspecified atom stereocenters. The summed E-state index contributed by atoms with van der Waals surface area (Å²) in [5.74, 6) is -0.955. The summed E-state index contributed by atoms with van der Waals surface area (Å²) in [4.78, 5) is 12.3. The summed E-state index contributed by atoms with van der Waals surface area (Å²) in [6.45, 7) is 0. The first-order valence-corrected chi connectivity index (χ1v) is 6.60. The van der Waals surface area contributed by atoms with Crippen LogP contribution < -0.4 is 4.74 Å². The Morgan fingerprint density at radius 1 is 1.05 bits per heavy atom. The Morgan fingerprint density at radius 2 is 1.75 bits per heavy atom. The molecule has 0 aliphatic carbocycles. The third-order valence-electron chi connectivity index (χ3n) is 2.66. The van der Waals surface area contributed by atoms with E-state index >= 15 is 0 Å². The summed E-state index contributed by atoms with van der Waals surface area (Å²) in [6.07, 6.45) is 0. The van der Waals surface area contributed by atoms with Crippen LogP contribution >= 0.6 is 34.8 Å². The summed E-state index contributed by atoms with van der Waals surface area (Å²) in [5.41, 5.74) is -0.0313. The van der Waals surface area contributed by atoms with Crippen molar-refractivity contribution in [2.45, 2.75) is 0 Å². The van der Waals surface area contributed by atoms with E-state index in [1.807, 2.05) is 0 Å². The van der Waals surface area contributed by atoms with Gasteiger partial charge in [-0.15, -0.1) is 0 Å². The van der Waals surface area contributed by atoms with E-state index in [2.05, 4.69) is 0 Å². The van der Waals surface area contributed by atoms with Crippen molar-refractivity contribution in [2.24, 2.45) is 0 Å². The van der Waals surface area contributed by atoms with Gasteiger partial charge in [-0.3, -0.25) is 4.79 Å². The van der Waals surface area contributed by atoms with Gasteiger partial charge in [0, 0.05) is 16.7 Å². The van der Waals surface area contributed by atoms with Crippen LogP contribution in [0, 0.1) is 5.82 Å². The fraction of sp³-hybridized carbons (Fsp3) is 0.0714. The molecule has 2 rings (SSSR count). The average molecular weight is 334 g/mol. The molecule has 6 heteroatoms. The summed E-state index contributed by atoms with van der Waals surface area (Å²) in [6, 6.07) is 6.54. The minimum absolute atomic E-state index is 0.0960. The van der Waals surface area contributed by atoms with Gasteiger partial charge >= 0.3 is 0 Å². The molecule has 2 nitrogen and oxygen atoms in total. The molecule has 0 aliphatic rings. The Labute approximate surface area is 130 Å². The maximum absolute atomic E-state index is 13.8. The Balaban J connectivity index is 2.51. The highest BCUT2D eigenvalue weighted by Gasteiger charge is 2.19. The third kappa shape index (κ3) is 2.90. The highest BCUT2D eigenvalue weighted by atomic mass is 35.5. The minimum Gasteiger partial charge on any atom is -0.495 e. The number of methoxy groups -OCH3 is 1. The van der Waals surface area contributed by atoms with E-state index in [9.17, 15) is 9.18 Å². The maximum atomic E-state index is 13.8. The lowest BCUT2D eigenvalue weighted by atomic mass is 10.0. The smallest absolute Gasteiger partial charge is 0.197 e. The molecular formula is C14H8Cl3FO2. The van der Waals surface area contributed by atoms with Gasteiger partial charge in [-0.25, -0.2) is 4.39 Å². The molecule has 2 aromatic rings. The topological polar surface area (TPSA) is 26.3 Å². The van der Waals surface area contributed by atoms with E-state index in [-0.39, 0.29) is 26.2 Å².